The first-order valence-corrected chi connectivity index (χ1v) is 8.73. The third kappa shape index (κ3) is 3.62. The lowest BCUT2D eigenvalue weighted by Gasteiger charge is -2.21. The molecule has 2 N–H and O–H groups in total. The van der Waals surface area contributed by atoms with Gasteiger partial charge in [-0.15, -0.1) is 13.2 Å². The molecule has 4 rings (SSSR count). The third-order valence-electron chi connectivity index (χ3n) is 5.12. The van der Waals surface area contributed by atoms with Crippen molar-refractivity contribution in [2.75, 3.05) is 6.54 Å². The number of hydrogen-bond donors (Lipinski definition) is 2. The molecule has 0 aliphatic carbocycles. The third-order valence-corrected chi connectivity index (χ3v) is 5.12. The molecule has 1 amide bonds. The summed E-state index contributed by atoms with van der Waals surface area (Å²) in [6, 6.07) is 9.36. The van der Waals surface area contributed by atoms with E-state index in [4.69, 9.17) is 0 Å². The van der Waals surface area contributed by atoms with Crippen molar-refractivity contribution in [2.45, 2.75) is 37.2 Å². The molecule has 0 unspecified atom stereocenters. The Labute approximate surface area is 153 Å². The first-order chi connectivity index (χ1) is 12.8. The van der Waals surface area contributed by atoms with E-state index in [0.29, 0.717) is 12.1 Å². The average molecular weight is 377 g/mol. The Hall–Kier alpha value is -2.61. The highest BCUT2D eigenvalue weighted by Gasteiger charge is 2.48. The van der Waals surface area contributed by atoms with Crippen molar-refractivity contribution < 1.29 is 22.7 Å². The van der Waals surface area contributed by atoms with Gasteiger partial charge in [0.1, 0.15) is 11.3 Å². The van der Waals surface area contributed by atoms with E-state index in [2.05, 4.69) is 20.4 Å². The average Bonchev–Trinajstić information content (AvgIpc) is 3.21. The van der Waals surface area contributed by atoms with E-state index in [0.717, 1.165) is 30.5 Å². The molecule has 2 atom stereocenters. The molecule has 0 radical (unpaired) electrons. The number of halogens is 3. The van der Waals surface area contributed by atoms with Gasteiger partial charge in [0.25, 0.3) is 0 Å². The van der Waals surface area contributed by atoms with E-state index in [1.807, 2.05) is 6.07 Å². The summed E-state index contributed by atoms with van der Waals surface area (Å²) in [6.07, 6.45) is -0.834. The van der Waals surface area contributed by atoms with Crippen molar-refractivity contribution in [3.05, 3.63) is 48.3 Å². The van der Waals surface area contributed by atoms with Gasteiger partial charge in [-0.05, 0) is 54.7 Å². The molecule has 142 valence electrons. The highest BCUT2D eigenvalue weighted by atomic mass is 19.4. The first-order valence-electron chi connectivity index (χ1n) is 8.73. The van der Waals surface area contributed by atoms with E-state index in [1.54, 1.807) is 18.3 Å². The molecule has 0 saturated carbocycles. The Bertz CT molecular complexity index is 871. The summed E-state index contributed by atoms with van der Waals surface area (Å²) in [4.78, 5) is 16.5. The Morgan fingerprint density at radius 3 is 2.70 bits per heavy atom. The monoisotopic (exact) mass is 377 g/mol. The molecule has 1 aromatic heterocycles. The fraction of sp³-hybridized carbons (Fsp3) is 0.368. The second-order valence-corrected chi connectivity index (χ2v) is 6.87. The Kier molecular flexibility index (Phi) is 4.30. The zero-order valence-corrected chi connectivity index (χ0v) is 14.3. The van der Waals surface area contributed by atoms with Gasteiger partial charge in [0, 0.05) is 12.7 Å². The molecule has 2 aromatic rings. The van der Waals surface area contributed by atoms with Crippen LogP contribution in [0.3, 0.4) is 0 Å². The van der Waals surface area contributed by atoms with Gasteiger partial charge in [-0.1, -0.05) is 12.1 Å². The lowest BCUT2D eigenvalue weighted by atomic mass is 9.96. The van der Waals surface area contributed by atoms with Gasteiger partial charge in [0.15, 0.2) is 0 Å². The van der Waals surface area contributed by atoms with Crippen molar-refractivity contribution >= 4 is 5.91 Å². The zero-order chi connectivity index (χ0) is 19.1. The normalized spacial score (nSPS) is 25.0. The van der Waals surface area contributed by atoms with Crippen molar-refractivity contribution in [1.82, 2.24) is 15.6 Å². The number of nitrogens with zero attached hydrogens (tertiary/aromatic N) is 1. The Morgan fingerprint density at radius 1 is 1.15 bits per heavy atom. The van der Waals surface area contributed by atoms with Gasteiger partial charge < -0.3 is 10.1 Å². The molecule has 5 nitrogen and oxygen atoms in total. The van der Waals surface area contributed by atoms with Crippen molar-refractivity contribution in [3.8, 4) is 16.9 Å². The van der Waals surface area contributed by atoms with Gasteiger partial charge in [0.05, 0.1) is 11.7 Å². The van der Waals surface area contributed by atoms with Crippen molar-refractivity contribution in [3.63, 3.8) is 0 Å². The predicted octanol–water partition coefficient (Wildman–Crippen LogP) is 3.33. The minimum Gasteiger partial charge on any atom is -0.406 e. The molecule has 1 spiro atoms. The summed E-state index contributed by atoms with van der Waals surface area (Å²) in [5, 5.41) is 6.26. The maximum Gasteiger partial charge on any atom is 0.573 e. The van der Waals surface area contributed by atoms with Crippen LogP contribution < -0.4 is 15.4 Å². The number of rotatable bonds is 3. The van der Waals surface area contributed by atoms with Crippen LogP contribution in [0.2, 0.25) is 0 Å². The topological polar surface area (TPSA) is 63.2 Å². The van der Waals surface area contributed by atoms with Crippen molar-refractivity contribution in [1.29, 1.82) is 0 Å². The number of carbonyl (C=O) groups is 1. The summed E-state index contributed by atoms with van der Waals surface area (Å²) in [5.74, 6) is -0.239. The summed E-state index contributed by atoms with van der Waals surface area (Å²) in [7, 11) is 0. The van der Waals surface area contributed by atoms with Crippen LogP contribution in [0, 0.1) is 0 Å². The number of nitrogens with one attached hydrogen (secondary N) is 2. The van der Waals surface area contributed by atoms with E-state index < -0.39 is 11.9 Å². The summed E-state index contributed by atoms with van der Waals surface area (Å²) in [6.45, 7) is 0.665. The van der Waals surface area contributed by atoms with Crippen LogP contribution in [0.4, 0.5) is 13.2 Å². The number of alkyl halides is 3. The molecule has 3 heterocycles. The molecule has 8 heteroatoms. The van der Waals surface area contributed by atoms with Crippen LogP contribution in [0.5, 0.6) is 5.75 Å². The summed E-state index contributed by atoms with van der Waals surface area (Å²) < 4.78 is 41.3. The fourth-order valence-electron chi connectivity index (χ4n) is 3.83. The summed E-state index contributed by atoms with van der Waals surface area (Å²) >= 11 is 0. The van der Waals surface area contributed by atoms with Crippen molar-refractivity contribution in [2.24, 2.45) is 0 Å². The zero-order valence-electron chi connectivity index (χ0n) is 14.3. The number of carbonyl (C=O) groups excluding carboxylic acids is 1. The second kappa shape index (κ2) is 6.53. The van der Waals surface area contributed by atoms with E-state index in [1.165, 1.54) is 18.2 Å². The number of benzene rings is 1. The lowest BCUT2D eigenvalue weighted by Crippen LogP contribution is -2.47. The maximum absolute atomic E-state index is 12.4. The van der Waals surface area contributed by atoms with Crippen LogP contribution >= 0.6 is 0 Å². The predicted molar refractivity (Wildman–Crippen MR) is 91.8 cm³/mol. The van der Waals surface area contributed by atoms with Gasteiger partial charge in [-0.2, -0.15) is 0 Å². The lowest BCUT2D eigenvalue weighted by molar-refractivity contribution is -0.274. The Morgan fingerprint density at radius 2 is 1.96 bits per heavy atom. The van der Waals surface area contributed by atoms with Crippen LogP contribution in [-0.4, -0.2) is 29.3 Å². The molecule has 2 aliphatic rings. The molecular weight excluding hydrogens is 359 g/mol. The van der Waals surface area contributed by atoms with Gasteiger partial charge >= 0.3 is 6.36 Å². The molecular formula is C19H18F3N3O2. The van der Waals surface area contributed by atoms with Crippen LogP contribution in [-0.2, 0) is 4.79 Å². The smallest absolute Gasteiger partial charge is 0.406 e. The van der Waals surface area contributed by atoms with Gasteiger partial charge in [-0.3, -0.25) is 15.1 Å². The highest BCUT2D eigenvalue weighted by Crippen LogP contribution is 2.37. The minimum absolute atomic E-state index is 0.0261. The molecule has 1 aromatic carbocycles. The van der Waals surface area contributed by atoms with Crippen LogP contribution in [0.15, 0.2) is 42.6 Å². The van der Waals surface area contributed by atoms with E-state index in [-0.39, 0.29) is 17.7 Å². The maximum atomic E-state index is 12.4. The number of amides is 1. The highest BCUT2D eigenvalue weighted by molar-refractivity contribution is 5.88. The van der Waals surface area contributed by atoms with E-state index >= 15 is 0 Å². The molecule has 2 aliphatic heterocycles. The number of pyridine rings is 1. The fourth-order valence-corrected chi connectivity index (χ4v) is 3.83. The number of ether oxygens (including phenoxy) is 1. The van der Waals surface area contributed by atoms with Gasteiger partial charge in [-0.25, -0.2) is 0 Å². The van der Waals surface area contributed by atoms with Crippen LogP contribution in [0.25, 0.3) is 11.1 Å². The van der Waals surface area contributed by atoms with Crippen LogP contribution in [0.1, 0.15) is 31.0 Å². The van der Waals surface area contributed by atoms with E-state index in [9.17, 15) is 18.0 Å². The van der Waals surface area contributed by atoms with Gasteiger partial charge in [0.2, 0.25) is 5.91 Å². The molecule has 2 fully saturated rings. The molecule has 0 bridgehead atoms. The number of aromatic nitrogens is 1. The number of hydrogen-bond acceptors (Lipinski definition) is 4. The quantitative estimate of drug-likeness (QED) is 0.861. The largest absolute Gasteiger partial charge is 0.573 e. The Balaban J connectivity index is 1.57. The standard InChI is InChI=1S/C19H18F3N3O2/c20-19(21,22)27-14-3-1-2-12(10-14)13-5-8-23-16(11-13)15-4-6-18(25-15)7-9-24-17(18)26/h1-3,5,8,10-11,15,25H,4,6-7,9H2,(H,24,26)/t15-,18-/m0/s1. The molecule has 2 saturated heterocycles. The minimum atomic E-state index is -4.73. The first kappa shape index (κ1) is 17.8. The second-order valence-electron chi connectivity index (χ2n) is 6.87. The molecule has 27 heavy (non-hydrogen) atoms. The SMILES string of the molecule is O=C1NCC[C@@]12CC[C@@H](c1cc(-c3cccc(OC(F)(F)F)c3)ccn1)N2. The summed E-state index contributed by atoms with van der Waals surface area (Å²) in [5.41, 5.74) is 1.59.